The van der Waals surface area contributed by atoms with E-state index in [-0.39, 0.29) is 0 Å². The van der Waals surface area contributed by atoms with Crippen molar-refractivity contribution in [1.29, 1.82) is 0 Å². The van der Waals surface area contributed by atoms with Crippen molar-refractivity contribution in [3.63, 3.8) is 0 Å². The number of hydrogen-bond donors (Lipinski definition) is 0. The Morgan fingerprint density at radius 1 is 1.36 bits per heavy atom. The third-order valence-electron chi connectivity index (χ3n) is 1.47. The zero-order valence-corrected chi connectivity index (χ0v) is 7.74. The summed E-state index contributed by atoms with van der Waals surface area (Å²) < 4.78 is 1.23. The van der Waals surface area contributed by atoms with Gasteiger partial charge >= 0.3 is 71.5 Å². The van der Waals surface area contributed by atoms with Gasteiger partial charge in [0, 0.05) is 0 Å². The van der Waals surface area contributed by atoms with Crippen molar-refractivity contribution in [3.05, 3.63) is 30.1 Å². The van der Waals surface area contributed by atoms with Crippen LogP contribution in [0.5, 0.6) is 0 Å². The standard InChI is InChI=1S/C8H8N2Se/c1-2-4-9-7(3-1)8-10-5-6-11-8/h1-4H,5-6H2. The van der Waals surface area contributed by atoms with Gasteiger partial charge in [-0.05, 0) is 0 Å². The van der Waals surface area contributed by atoms with E-state index in [1.165, 1.54) is 9.93 Å². The number of nitrogens with zero attached hydrogens (tertiary/aromatic N) is 2. The van der Waals surface area contributed by atoms with Gasteiger partial charge in [-0.25, -0.2) is 0 Å². The topological polar surface area (TPSA) is 25.2 Å². The van der Waals surface area contributed by atoms with Crippen LogP contribution in [0.15, 0.2) is 29.4 Å². The SMILES string of the molecule is c1ccc(C2=NCC[Se]2)nc1. The molecule has 0 unspecified atom stereocenters. The van der Waals surface area contributed by atoms with Crippen LogP contribution in [0, 0.1) is 0 Å². The molecule has 0 saturated carbocycles. The average Bonchev–Trinajstić information content (AvgIpc) is 2.58. The molecular formula is C8H8N2Se. The molecule has 2 nitrogen and oxygen atoms in total. The Morgan fingerprint density at radius 3 is 3.00 bits per heavy atom. The Bertz CT molecular complexity index is 269. The second-order valence-electron chi connectivity index (χ2n) is 2.25. The van der Waals surface area contributed by atoms with Crippen LogP contribution in [0.25, 0.3) is 0 Å². The minimum atomic E-state index is 0.578. The van der Waals surface area contributed by atoms with Gasteiger partial charge < -0.3 is 0 Å². The summed E-state index contributed by atoms with van der Waals surface area (Å²) >= 11 is 0.578. The number of pyridine rings is 1. The molecule has 0 N–H and O–H groups in total. The first-order valence-electron chi connectivity index (χ1n) is 3.55. The molecule has 0 atom stereocenters. The van der Waals surface area contributed by atoms with Crippen molar-refractivity contribution < 1.29 is 0 Å². The fourth-order valence-electron chi connectivity index (χ4n) is 0.979. The van der Waals surface area contributed by atoms with E-state index in [0.29, 0.717) is 15.0 Å². The van der Waals surface area contributed by atoms with E-state index in [9.17, 15) is 0 Å². The molecule has 0 radical (unpaired) electrons. The summed E-state index contributed by atoms with van der Waals surface area (Å²) in [5, 5.41) is 1.25. The van der Waals surface area contributed by atoms with E-state index in [1.807, 2.05) is 24.4 Å². The van der Waals surface area contributed by atoms with Crippen LogP contribution in [0.1, 0.15) is 5.69 Å². The maximum atomic E-state index is 4.39. The second-order valence-corrected chi connectivity index (χ2v) is 4.52. The first-order chi connectivity index (χ1) is 5.47. The van der Waals surface area contributed by atoms with Gasteiger partial charge in [0.1, 0.15) is 0 Å². The predicted octanol–water partition coefficient (Wildman–Crippen LogP) is 0.964. The van der Waals surface area contributed by atoms with Gasteiger partial charge in [-0.15, -0.1) is 0 Å². The molecule has 1 aromatic rings. The molecule has 1 aromatic heterocycles. The van der Waals surface area contributed by atoms with Crippen LogP contribution in [0.4, 0.5) is 0 Å². The third kappa shape index (κ3) is 1.50. The first-order valence-corrected chi connectivity index (χ1v) is 5.62. The van der Waals surface area contributed by atoms with E-state index in [1.54, 1.807) is 0 Å². The van der Waals surface area contributed by atoms with Crippen LogP contribution < -0.4 is 0 Å². The summed E-state index contributed by atoms with van der Waals surface area (Å²) in [7, 11) is 0. The van der Waals surface area contributed by atoms with Gasteiger partial charge in [-0.3, -0.25) is 0 Å². The van der Waals surface area contributed by atoms with Crippen molar-refractivity contribution >= 4 is 19.6 Å². The molecule has 0 saturated heterocycles. The summed E-state index contributed by atoms with van der Waals surface area (Å²) in [6.45, 7) is 1.01. The summed E-state index contributed by atoms with van der Waals surface area (Å²) in [5.41, 5.74) is 1.07. The van der Waals surface area contributed by atoms with Crippen LogP contribution >= 0.6 is 0 Å². The predicted molar refractivity (Wildman–Crippen MR) is 46.2 cm³/mol. The molecule has 56 valence electrons. The molecule has 0 amide bonds. The van der Waals surface area contributed by atoms with Crippen molar-refractivity contribution in [3.8, 4) is 0 Å². The summed E-state index contributed by atoms with van der Waals surface area (Å²) in [6, 6.07) is 5.98. The Labute approximate surface area is 71.9 Å². The zero-order chi connectivity index (χ0) is 7.52. The van der Waals surface area contributed by atoms with E-state index in [0.717, 1.165) is 12.2 Å². The quantitative estimate of drug-likeness (QED) is 0.635. The molecule has 2 heterocycles. The molecule has 2 rings (SSSR count). The molecule has 1 aliphatic heterocycles. The Kier molecular flexibility index (Phi) is 2.01. The van der Waals surface area contributed by atoms with Gasteiger partial charge in [-0.1, -0.05) is 0 Å². The second kappa shape index (κ2) is 3.16. The first kappa shape index (κ1) is 7.01. The summed E-state index contributed by atoms with van der Waals surface area (Å²) in [6.07, 6.45) is 1.83. The summed E-state index contributed by atoms with van der Waals surface area (Å²) in [4.78, 5) is 8.63. The van der Waals surface area contributed by atoms with Gasteiger partial charge in [0.2, 0.25) is 0 Å². The van der Waals surface area contributed by atoms with Gasteiger partial charge in [0.05, 0.1) is 0 Å². The van der Waals surface area contributed by atoms with Gasteiger partial charge in [0.15, 0.2) is 0 Å². The van der Waals surface area contributed by atoms with Crippen LogP contribution in [0.3, 0.4) is 0 Å². The van der Waals surface area contributed by atoms with Gasteiger partial charge in [0.25, 0.3) is 0 Å². The van der Waals surface area contributed by atoms with Crippen molar-refractivity contribution in [2.24, 2.45) is 4.99 Å². The van der Waals surface area contributed by atoms with Crippen molar-refractivity contribution in [2.75, 3.05) is 6.54 Å². The number of aromatic nitrogens is 1. The van der Waals surface area contributed by atoms with Crippen LogP contribution in [0.2, 0.25) is 5.32 Å². The zero-order valence-electron chi connectivity index (χ0n) is 6.03. The molecule has 0 bridgehead atoms. The Balaban J connectivity index is 2.29. The fraction of sp³-hybridized carbons (Fsp3) is 0.250. The van der Waals surface area contributed by atoms with Crippen molar-refractivity contribution in [2.45, 2.75) is 5.32 Å². The third-order valence-corrected chi connectivity index (χ3v) is 3.56. The number of rotatable bonds is 1. The molecule has 1 aliphatic rings. The van der Waals surface area contributed by atoms with E-state index >= 15 is 0 Å². The molecule has 0 spiro atoms. The van der Waals surface area contributed by atoms with Gasteiger partial charge in [-0.2, -0.15) is 0 Å². The molecule has 0 aromatic carbocycles. The molecule has 0 aliphatic carbocycles. The summed E-state index contributed by atoms with van der Waals surface area (Å²) in [5.74, 6) is 0. The maximum absolute atomic E-state index is 4.39. The normalized spacial score (nSPS) is 16.5. The Morgan fingerprint density at radius 2 is 2.36 bits per heavy atom. The fourth-order valence-corrected chi connectivity index (χ4v) is 2.71. The van der Waals surface area contributed by atoms with Crippen molar-refractivity contribution in [1.82, 2.24) is 4.98 Å². The number of aliphatic imine (C=N–C) groups is 1. The van der Waals surface area contributed by atoms with E-state index < -0.39 is 0 Å². The molecule has 11 heavy (non-hydrogen) atoms. The average molecular weight is 211 g/mol. The van der Waals surface area contributed by atoms with Crippen LogP contribution in [-0.4, -0.2) is 31.1 Å². The molecule has 0 fully saturated rings. The molecular weight excluding hydrogens is 203 g/mol. The Hall–Kier alpha value is -0.661. The number of hydrogen-bond acceptors (Lipinski definition) is 2. The van der Waals surface area contributed by atoms with Crippen LogP contribution in [-0.2, 0) is 0 Å². The van der Waals surface area contributed by atoms with E-state index in [4.69, 9.17) is 0 Å². The van der Waals surface area contributed by atoms with E-state index in [2.05, 4.69) is 9.98 Å². The molecule has 3 heteroatoms. The monoisotopic (exact) mass is 212 g/mol. The minimum absolute atomic E-state index is 0.578.